The number of benzene rings is 1. The lowest BCUT2D eigenvalue weighted by molar-refractivity contribution is -0.126. The largest absolute Gasteiger partial charge is 0.383 e. The van der Waals surface area contributed by atoms with Crippen molar-refractivity contribution in [2.24, 2.45) is 0 Å². The van der Waals surface area contributed by atoms with Crippen LogP contribution in [0, 0.1) is 6.92 Å². The second-order valence-corrected chi connectivity index (χ2v) is 7.67. The van der Waals surface area contributed by atoms with Gasteiger partial charge in [0.1, 0.15) is 4.83 Å². The standard InChI is InChI=1S/C21H24N4O4S/c1-14-3-5-15(6-4-14)16-12-30-20-19(16)21(28)25(13-24-20)9-7-17(26)23-11-18(27)22-8-10-29-2/h3-6,12-13H,7-11H2,1-2H3,(H,22,27)(H,23,26). The van der Waals surface area contributed by atoms with Crippen LogP contribution in [0.25, 0.3) is 21.3 Å². The number of amides is 2. The lowest BCUT2D eigenvalue weighted by Gasteiger charge is -2.08. The number of rotatable bonds is 9. The minimum Gasteiger partial charge on any atom is -0.383 e. The molecule has 0 unspecified atom stereocenters. The van der Waals surface area contributed by atoms with Gasteiger partial charge in [0.25, 0.3) is 5.56 Å². The third-order valence-corrected chi connectivity index (χ3v) is 5.46. The van der Waals surface area contributed by atoms with E-state index in [0.717, 1.165) is 16.7 Å². The Labute approximate surface area is 177 Å². The summed E-state index contributed by atoms with van der Waals surface area (Å²) >= 11 is 1.42. The first-order valence-corrected chi connectivity index (χ1v) is 10.4. The Morgan fingerprint density at radius 2 is 1.93 bits per heavy atom. The van der Waals surface area contributed by atoms with Gasteiger partial charge in [-0.2, -0.15) is 0 Å². The number of aryl methyl sites for hydroxylation is 2. The number of ether oxygens (including phenoxy) is 1. The van der Waals surface area contributed by atoms with Gasteiger partial charge < -0.3 is 15.4 Å². The Morgan fingerprint density at radius 1 is 1.17 bits per heavy atom. The van der Waals surface area contributed by atoms with Crippen LogP contribution >= 0.6 is 11.3 Å². The molecule has 0 radical (unpaired) electrons. The molecule has 158 valence electrons. The van der Waals surface area contributed by atoms with Gasteiger partial charge in [-0.05, 0) is 12.5 Å². The Bertz CT molecular complexity index is 1090. The van der Waals surface area contributed by atoms with Crippen LogP contribution in [0.5, 0.6) is 0 Å². The Balaban J connectivity index is 1.65. The lowest BCUT2D eigenvalue weighted by atomic mass is 10.1. The highest BCUT2D eigenvalue weighted by atomic mass is 32.1. The fourth-order valence-electron chi connectivity index (χ4n) is 2.92. The number of fused-ring (bicyclic) bond motifs is 1. The lowest BCUT2D eigenvalue weighted by Crippen LogP contribution is -2.38. The molecular formula is C21H24N4O4S. The monoisotopic (exact) mass is 428 g/mol. The van der Waals surface area contributed by atoms with Crippen LogP contribution in [0.2, 0.25) is 0 Å². The summed E-state index contributed by atoms with van der Waals surface area (Å²) in [5.74, 6) is -0.602. The predicted octanol–water partition coefficient (Wildman–Crippen LogP) is 1.70. The molecule has 0 aliphatic carbocycles. The van der Waals surface area contributed by atoms with Gasteiger partial charge in [-0.15, -0.1) is 11.3 Å². The highest BCUT2D eigenvalue weighted by Crippen LogP contribution is 2.30. The average Bonchev–Trinajstić information content (AvgIpc) is 3.17. The quantitative estimate of drug-likeness (QED) is 0.505. The molecule has 2 N–H and O–H groups in total. The van der Waals surface area contributed by atoms with E-state index in [1.807, 2.05) is 36.6 Å². The average molecular weight is 429 g/mol. The second-order valence-electron chi connectivity index (χ2n) is 6.81. The summed E-state index contributed by atoms with van der Waals surface area (Å²) in [4.78, 5) is 41.7. The Kier molecular flexibility index (Phi) is 7.31. The fraction of sp³-hybridized carbons (Fsp3) is 0.333. The molecule has 0 spiro atoms. The molecule has 1 aromatic carbocycles. The SMILES string of the molecule is COCCNC(=O)CNC(=O)CCn1cnc2scc(-c3ccc(C)cc3)c2c1=O. The van der Waals surface area contributed by atoms with Crippen molar-refractivity contribution in [2.75, 3.05) is 26.8 Å². The third-order valence-electron chi connectivity index (χ3n) is 4.58. The zero-order valence-electron chi connectivity index (χ0n) is 16.9. The predicted molar refractivity (Wildman–Crippen MR) is 117 cm³/mol. The summed E-state index contributed by atoms with van der Waals surface area (Å²) in [5, 5.41) is 7.66. The maximum Gasteiger partial charge on any atom is 0.262 e. The summed E-state index contributed by atoms with van der Waals surface area (Å²) in [6, 6.07) is 7.98. The molecule has 2 heterocycles. The first-order valence-electron chi connectivity index (χ1n) is 9.55. The smallest absolute Gasteiger partial charge is 0.262 e. The number of carbonyl (C=O) groups excluding carboxylic acids is 2. The summed E-state index contributed by atoms with van der Waals surface area (Å²) in [6.45, 7) is 2.87. The molecule has 0 saturated carbocycles. The summed E-state index contributed by atoms with van der Waals surface area (Å²) in [7, 11) is 1.54. The summed E-state index contributed by atoms with van der Waals surface area (Å²) in [5.41, 5.74) is 2.77. The van der Waals surface area contributed by atoms with Gasteiger partial charge in [-0.1, -0.05) is 29.8 Å². The minimum atomic E-state index is -0.312. The van der Waals surface area contributed by atoms with E-state index in [1.165, 1.54) is 22.2 Å². The number of nitrogens with zero attached hydrogens (tertiary/aromatic N) is 2. The van der Waals surface area contributed by atoms with Crippen LogP contribution in [-0.2, 0) is 20.9 Å². The van der Waals surface area contributed by atoms with E-state index in [9.17, 15) is 14.4 Å². The topological polar surface area (TPSA) is 102 Å². The maximum absolute atomic E-state index is 13.0. The molecular weight excluding hydrogens is 404 g/mol. The van der Waals surface area contributed by atoms with Gasteiger partial charge in [0.2, 0.25) is 11.8 Å². The number of hydrogen-bond donors (Lipinski definition) is 2. The summed E-state index contributed by atoms with van der Waals surface area (Å²) in [6.07, 6.45) is 1.53. The normalized spacial score (nSPS) is 10.9. The molecule has 9 heteroatoms. The molecule has 3 rings (SSSR count). The number of carbonyl (C=O) groups is 2. The van der Waals surface area contributed by atoms with Crippen molar-refractivity contribution in [3.8, 4) is 11.1 Å². The van der Waals surface area contributed by atoms with Crippen molar-refractivity contribution in [2.45, 2.75) is 19.9 Å². The van der Waals surface area contributed by atoms with Crippen LogP contribution in [0.4, 0.5) is 0 Å². The molecule has 0 saturated heterocycles. The number of thiophene rings is 1. The van der Waals surface area contributed by atoms with Gasteiger partial charge in [0.05, 0.1) is 24.9 Å². The van der Waals surface area contributed by atoms with Crippen molar-refractivity contribution in [1.82, 2.24) is 20.2 Å². The molecule has 0 aliphatic heterocycles. The first-order chi connectivity index (χ1) is 14.5. The van der Waals surface area contributed by atoms with Crippen molar-refractivity contribution in [1.29, 1.82) is 0 Å². The van der Waals surface area contributed by atoms with Gasteiger partial charge in [0, 0.05) is 37.6 Å². The van der Waals surface area contributed by atoms with Gasteiger partial charge in [0.15, 0.2) is 0 Å². The van der Waals surface area contributed by atoms with Crippen LogP contribution in [0.3, 0.4) is 0 Å². The molecule has 0 atom stereocenters. The van der Waals surface area contributed by atoms with E-state index in [2.05, 4.69) is 15.6 Å². The van der Waals surface area contributed by atoms with Gasteiger partial charge in [-0.3, -0.25) is 19.0 Å². The second kappa shape index (κ2) is 10.1. The van der Waals surface area contributed by atoms with E-state index in [-0.39, 0.29) is 36.9 Å². The van der Waals surface area contributed by atoms with E-state index in [0.29, 0.717) is 23.4 Å². The fourth-order valence-corrected chi connectivity index (χ4v) is 3.82. The zero-order valence-corrected chi connectivity index (χ0v) is 17.8. The third kappa shape index (κ3) is 5.31. The molecule has 0 aliphatic rings. The number of methoxy groups -OCH3 is 1. The highest BCUT2D eigenvalue weighted by Gasteiger charge is 2.14. The zero-order chi connectivity index (χ0) is 21.5. The number of nitrogens with one attached hydrogen (secondary N) is 2. The Morgan fingerprint density at radius 3 is 2.67 bits per heavy atom. The number of hydrogen-bond acceptors (Lipinski definition) is 6. The van der Waals surface area contributed by atoms with Gasteiger partial charge in [-0.25, -0.2) is 4.98 Å². The molecule has 30 heavy (non-hydrogen) atoms. The van der Waals surface area contributed by atoms with Gasteiger partial charge >= 0.3 is 0 Å². The molecule has 0 fully saturated rings. The molecule has 2 amide bonds. The van der Waals surface area contributed by atoms with E-state index >= 15 is 0 Å². The number of aromatic nitrogens is 2. The van der Waals surface area contributed by atoms with E-state index in [1.54, 1.807) is 7.11 Å². The summed E-state index contributed by atoms with van der Waals surface area (Å²) < 4.78 is 6.28. The van der Waals surface area contributed by atoms with Crippen LogP contribution in [0.15, 0.2) is 40.8 Å². The molecule has 0 bridgehead atoms. The highest BCUT2D eigenvalue weighted by molar-refractivity contribution is 7.17. The first kappa shape index (κ1) is 21.7. The Hall–Kier alpha value is -3.04. The van der Waals surface area contributed by atoms with E-state index in [4.69, 9.17) is 4.74 Å². The molecule has 3 aromatic rings. The van der Waals surface area contributed by atoms with Crippen LogP contribution < -0.4 is 16.2 Å². The van der Waals surface area contributed by atoms with E-state index < -0.39 is 0 Å². The van der Waals surface area contributed by atoms with Crippen molar-refractivity contribution in [3.05, 3.63) is 51.9 Å². The van der Waals surface area contributed by atoms with Crippen molar-refractivity contribution in [3.63, 3.8) is 0 Å². The maximum atomic E-state index is 13.0. The molecule has 2 aromatic heterocycles. The van der Waals surface area contributed by atoms with Crippen LogP contribution in [-0.4, -0.2) is 48.2 Å². The minimum absolute atomic E-state index is 0.0719. The molecule has 8 nitrogen and oxygen atoms in total. The van der Waals surface area contributed by atoms with Crippen molar-refractivity contribution < 1.29 is 14.3 Å². The van der Waals surface area contributed by atoms with Crippen LogP contribution in [0.1, 0.15) is 12.0 Å². The van der Waals surface area contributed by atoms with Crippen molar-refractivity contribution >= 4 is 33.4 Å².